The van der Waals surface area contributed by atoms with Gasteiger partial charge >= 0.3 is 6.18 Å². The second-order valence-electron chi connectivity index (χ2n) is 3.96. The van der Waals surface area contributed by atoms with Gasteiger partial charge in [-0.2, -0.15) is 13.2 Å². The second kappa shape index (κ2) is 5.36. The minimum atomic E-state index is -4.57. The van der Waals surface area contributed by atoms with Crippen molar-refractivity contribution in [3.63, 3.8) is 0 Å². The van der Waals surface area contributed by atoms with Gasteiger partial charge in [0.05, 0.1) is 12.3 Å². The van der Waals surface area contributed by atoms with Gasteiger partial charge < -0.3 is 10.5 Å². The van der Waals surface area contributed by atoms with Gasteiger partial charge in [0, 0.05) is 5.56 Å². The summed E-state index contributed by atoms with van der Waals surface area (Å²) in [5.74, 6) is 0.132. The number of nitrogen functional groups attached to an aromatic ring is 1. The first-order valence-corrected chi connectivity index (χ1v) is 5.85. The van der Waals surface area contributed by atoms with Crippen LogP contribution in [0.5, 0.6) is 5.75 Å². The predicted octanol–water partition coefficient (Wildman–Crippen LogP) is 3.14. The minimum Gasteiger partial charge on any atom is -0.494 e. The first-order chi connectivity index (χ1) is 9.40. The summed E-state index contributed by atoms with van der Waals surface area (Å²) in [5.41, 5.74) is 4.85. The van der Waals surface area contributed by atoms with Crippen LogP contribution in [0.3, 0.4) is 0 Å². The summed E-state index contributed by atoms with van der Waals surface area (Å²) in [6.07, 6.45) is -4.57. The molecule has 0 fully saturated rings. The maximum atomic E-state index is 12.7. The van der Waals surface area contributed by atoms with E-state index in [-0.39, 0.29) is 5.69 Å². The Morgan fingerprint density at radius 2 is 1.95 bits per heavy atom. The zero-order chi connectivity index (χ0) is 14.8. The van der Waals surface area contributed by atoms with E-state index in [2.05, 4.69) is 9.97 Å². The van der Waals surface area contributed by atoms with Crippen LogP contribution in [0.2, 0.25) is 0 Å². The molecule has 0 amide bonds. The molecule has 20 heavy (non-hydrogen) atoms. The number of hydrogen-bond donors (Lipinski definition) is 1. The summed E-state index contributed by atoms with van der Waals surface area (Å²) in [6.45, 7) is 2.28. The van der Waals surface area contributed by atoms with Crippen molar-refractivity contribution in [3.8, 4) is 17.0 Å². The number of rotatable bonds is 3. The Balaban J connectivity index is 2.47. The molecule has 0 spiro atoms. The van der Waals surface area contributed by atoms with Crippen molar-refractivity contribution in [1.82, 2.24) is 9.97 Å². The summed E-state index contributed by atoms with van der Waals surface area (Å²) < 4.78 is 43.4. The molecule has 0 bridgehead atoms. The number of nitrogens with zero attached hydrogens (tertiary/aromatic N) is 2. The Hall–Kier alpha value is -2.31. The molecule has 106 valence electrons. The Morgan fingerprint density at radius 1 is 1.20 bits per heavy atom. The van der Waals surface area contributed by atoms with Gasteiger partial charge in [0.1, 0.15) is 5.75 Å². The molecule has 2 N–H and O–H groups in total. The van der Waals surface area contributed by atoms with Crippen LogP contribution in [0.25, 0.3) is 11.3 Å². The molecule has 0 aliphatic carbocycles. The second-order valence-corrected chi connectivity index (χ2v) is 3.96. The number of alkyl halides is 3. The van der Waals surface area contributed by atoms with Crippen LogP contribution in [0.1, 0.15) is 12.6 Å². The van der Waals surface area contributed by atoms with Crippen molar-refractivity contribution in [2.24, 2.45) is 0 Å². The molecule has 7 heteroatoms. The van der Waals surface area contributed by atoms with E-state index in [0.717, 1.165) is 6.07 Å². The minimum absolute atomic E-state index is 0.103. The molecule has 0 saturated carbocycles. The fourth-order valence-electron chi connectivity index (χ4n) is 1.67. The van der Waals surface area contributed by atoms with Gasteiger partial charge in [-0.1, -0.05) is 12.1 Å². The predicted molar refractivity (Wildman–Crippen MR) is 68.1 cm³/mol. The van der Waals surface area contributed by atoms with Gasteiger partial charge in [0.15, 0.2) is 5.69 Å². The van der Waals surface area contributed by atoms with E-state index in [4.69, 9.17) is 10.5 Å². The van der Waals surface area contributed by atoms with Crippen LogP contribution >= 0.6 is 0 Å². The third-order valence-corrected chi connectivity index (χ3v) is 2.47. The lowest BCUT2D eigenvalue weighted by Gasteiger charge is -2.10. The smallest absolute Gasteiger partial charge is 0.433 e. The van der Waals surface area contributed by atoms with Crippen molar-refractivity contribution in [3.05, 3.63) is 36.0 Å². The van der Waals surface area contributed by atoms with Crippen LogP contribution in [-0.4, -0.2) is 16.6 Å². The summed E-state index contributed by atoms with van der Waals surface area (Å²) in [5, 5.41) is 0. The molecular formula is C13H12F3N3O. The first-order valence-electron chi connectivity index (χ1n) is 5.85. The number of nitrogens with two attached hydrogens (primary N) is 1. The average Bonchev–Trinajstić information content (AvgIpc) is 2.38. The van der Waals surface area contributed by atoms with Crippen molar-refractivity contribution in [2.75, 3.05) is 12.3 Å². The molecule has 2 aromatic rings. The molecule has 4 nitrogen and oxygen atoms in total. The number of ether oxygens (including phenoxy) is 1. The lowest BCUT2D eigenvalue weighted by Crippen LogP contribution is -2.11. The van der Waals surface area contributed by atoms with Crippen LogP contribution in [-0.2, 0) is 6.18 Å². The van der Waals surface area contributed by atoms with E-state index < -0.39 is 17.8 Å². The van der Waals surface area contributed by atoms with Crippen molar-refractivity contribution >= 4 is 5.95 Å². The highest BCUT2D eigenvalue weighted by atomic mass is 19.4. The number of aromatic nitrogens is 2. The highest BCUT2D eigenvalue weighted by molar-refractivity contribution is 5.62. The van der Waals surface area contributed by atoms with Crippen molar-refractivity contribution in [1.29, 1.82) is 0 Å². The Morgan fingerprint density at radius 3 is 2.60 bits per heavy atom. The van der Waals surface area contributed by atoms with E-state index in [0.29, 0.717) is 17.9 Å². The molecule has 0 aliphatic heterocycles. The third kappa shape index (κ3) is 3.17. The van der Waals surface area contributed by atoms with Crippen molar-refractivity contribution < 1.29 is 17.9 Å². The van der Waals surface area contributed by atoms with E-state index in [1.807, 2.05) is 6.92 Å². The molecule has 1 aromatic carbocycles. The zero-order valence-electron chi connectivity index (χ0n) is 10.6. The third-order valence-electron chi connectivity index (χ3n) is 2.47. The maximum Gasteiger partial charge on any atom is 0.433 e. The molecular weight excluding hydrogens is 271 g/mol. The van der Waals surface area contributed by atoms with E-state index in [1.54, 1.807) is 24.3 Å². The number of benzene rings is 1. The summed E-state index contributed by atoms with van der Waals surface area (Å²) in [7, 11) is 0. The fraction of sp³-hybridized carbons (Fsp3) is 0.231. The van der Waals surface area contributed by atoms with Gasteiger partial charge in [-0.25, -0.2) is 9.97 Å². The van der Waals surface area contributed by atoms with E-state index >= 15 is 0 Å². The van der Waals surface area contributed by atoms with Crippen LogP contribution in [0.15, 0.2) is 30.3 Å². The van der Waals surface area contributed by atoms with Gasteiger partial charge in [-0.05, 0) is 25.1 Å². The Kier molecular flexibility index (Phi) is 3.78. The quantitative estimate of drug-likeness (QED) is 0.940. The topological polar surface area (TPSA) is 61.0 Å². The van der Waals surface area contributed by atoms with E-state index in [1.165, 1.54) is 0 Å². The number of anilines is 1. The van der Waals surface area contributed by atoms with Crippen LogP contribution < -0.4 is 10.5 Å². The average molecular weight is 283 g/mol. The Bertz CT molecular complexity index is 614. The van der Waals surface area contributed by atoms with Crippen LogP contribution in [0.4, 0.5) is 19.1 Å². The highest BCUT2D eigenvalue weighted by Crippen LogP contribution is 2.31. The first kappa shape index (κ1) is 14.1. The fourth-order valence-corrected chi connectivity index (χ4v) is 1.67. The summed E-state index contributed by atoms with van der Waals surface area (Å²) in [4.78, 5) is 7.03. The maximum absolute atomic E-state index is 12.7. The van der Waals surface area contributed by atoms with Crippen LogP contribution in [0, 0.1) is 0 Å². The lowest BCUT2D eigenvalue weighted by atomic mass is 10.1. The number of hydrogen-bond acceptors (Lipinski definition) is 4. The van der Waals surface area contributed by atoms with Gasteiger partial charge in [-0.15, -0.1) is 0 Å². The number of halogens is 3. The molecule has 1 aromatic heterocycles. The standard InChI is InChI=1S/C13H12F3N3O/c1-2-20-9-5-3-4-8(6-9)10-7-11(13(14,15)16)19-12(17)18-10/h3-7H,2H2,1H3,(H2,17,18,19). The van der Waals surface area contributed by atoms with Gasteiger partial charge in [-0.3, -0.25) is 0 Å². The van der Waals surface area contributed by atoms with E-state index in [9.17, 15) is 13.2 Å². The molecule has 2 rings (SSSR count). The molecule has 0 atom stereocenters. The monoisotopic (exact) mass is 283 g/mol. The van der Waals surface area contributed by atoms with Gasteiger partial charge in [0.2, 0.25) is 5.95 Å². The molecule has 1 heterocycles. The van der Waals surface area contributed by atoms with Gasteiger partial charge in [0.25, 0.3) is 0 Å². The Labute approximate surface area is 113 Å². The zero-order valence-corrected chi connectivity index (χ0v) is 10.6. The van der Waals surface area contributed by atoms with Crippen molar-refractivity contribution in [2.45, 2.75) is 13.1 Å². The molecule has 0 unspecified atom stereocenters. The summed E-state index contributed by atoms with van der Waals surface area (Å²) >= 11 is 0. The normalized spacial score (nSPS) is 11.4. The summed E-state index contributed by atoms with van der Waals surface area (Å²) in [6, 6.07) is 7.48. The molecule has 0 saturated heterocycles. The molecule has 0 aliphatic rings. The molecule has 0 radical (unpaired) electrons. The lowest BCUT2D eigenvalue weighted by molar-refractivity contribution is -0.141. The SMILES string of the molecule is CCOc1cccc(-c2cc(C(F)(F)F)nc(N)n2)c1. The largest absolute Gasteiger partial charge is 0.494 e. The highest BCUT2D eigenvalue weighted by Gasteiger charge is 2.33.